The zero-order valence-corrected chi connectivity index (χ0v) is 9.12. The second kappa shape index (κ2) is 2.68. The summed E-state index contributed by atoms with van der Waals surface area (Å²) in [5, 5.41) is -0.288. The van der Waals surface area contributed by atoms with E-state index in [0.29, 0.717) is 0 Å². The quantitative estimate of drug-likeness (QED) is 0.591. The van der Waals surface area contributed by atoms with Crippen molar-refractivity contribution in [1.29, 1.82) is 0 Å². The summed E-state index contributed by atoms with van der Waals surface area (Å²) in [6.07, 6.45) is 0. The van der Waals surface area contributed by atoms with Crippen molar-refractivity contribution in [3.8, 4) is 0 Å². The average molecular weight is 264 g/mol. The molecule has 3 aliphatic heterocycles. The molecular formula is C6O6S3. The summed E-state index contributed by atoms with van der Waals surface area (Å²) < 4.78 is 29.6. The van der Waals surface area contributed by atoms with Crippen molar-refractivity contribution in [3.63, 3.8) is 0 Å². The summed E-state index contributed by atoms with van der Waals surface area (Å²) in [5.41, 5.74) is 0. The van der Waals surface area contributed by atoms with E-state index < -0.39 is 5.97 Å². The van der Waals surface area contributed by atoms with Crippen molar-refractivity contribution in [3.05, 3.63) is 11.7 Å². The monoisotopic (exact) mass is 264 g/mol. The van der Waals surface area contributed by atoms with E-state index in [1.807, 2.05) is 0 Å². The number of rotatable bonds is 0. The lowest BCUT2D eigenvalue weighted by molar-refractivity contribution is -0.324. The Bertz CT molecular complexity index is 422. The molecule has 0 aliphatic carbocycles. The molecule has 0 aromatic heterocycles. The standard InChI is InChI=1S/C6O6S3/c13-3-8-2(9-3)1-6(10-4(14)7-1)11-5(15)12-6. The van der Waals surface area contributed by atoms with E-state index >= 15 is 0 Å². The van der Waals surface area contributed by atoms with E-state index in [1.54, 1.807) is 0 Å². The van der Waals surface area contributed by atoms with Crippen molar-refractivity contribution >= 4 is 52.4 Å². The molecule has 6 nitrogen and oxygen atoms in total. The van der Waals surface area contributed by atoms with Crippen molar-refractivity contribution in [2.24, 2.45) is 0 Å². The van der Waals surface area contributed by atoms with E-state index in [4.69, 9.17) is 28.4 Å². The van der Waals surface area contributed by atoms with Crippen LogP contribution >= 0.6 is 36.7 Å². The summed E-state index contributed by atoms with van der Waals surface area (Å²) in [7, 11) is 0. The lowest BCUT2D eigenvalue weighted by Crippen LogP contribution is -2.52. The van der Waals surface area contributed by atoms with Crippen LogP contribution in [0.1, 0.15) is 0 Å². The van der Waals surface area contributed by atoms with Crippen LogP contribution in [0.4, 0.5) is 0 Å². The van der Waals surface area contributed by atoms with Crippen molar-refractivity contribution in [1.82, 2.24) is 0 Å². The Balaban J connectivity index is 1.94. The minimum Gasteiger partial charge on any atom is -0.402 e. The van der Waals surface area contributed by atoms with Gasteiger partial charge in [0, 0.05) is 36.7 Å². The molecule has 3 aliphatic rings. The molecule has 0 atom stereocenters. The van der Waals surface area contributed by atoms with Gasteiger partial charge in [-0.05, 0) is 0 Å². The molecule has 3 heterocycles. The highest BCUT2D eigenvalue weighted by Gasteiger charge is 2.65. The van der Waals surface area contributed by atoms with Crippen molar-refractivity contribution < 1.29 is 28.4 Å². The summed E-state index contributed by atoms with van der Waals surface area (Å²) >= 11 is 13.8. The van der Waals surface area contributed by atoms with E-state index in [1.165, 1.54) is 0 Å². The van der Waals surface area contributed by atoms with Gasteiger partial charge in [-0.25, -0.2) is 0 Å². The highest BCUT2D eigenvalue weighted by molar-refractivity contribution is 7.80. The second-order valence-electron chi connectivity index (χ2n) is 2.54. The molecule has 0 unspecified atom stereocenters. The Morgan fingerprint density at radius 3 is 1.87 bits per heavy atom. The van der Waals surface area contributed by atoms with Gasteiger partial charge in [0.1, 0.15) is 0 Å². The molecule has 9 heteroatoms. The van der Waals surface area contributed by atoms with Crippen molar-refractivity contribution in [2.45, 2.75) is 5.97 Å². The molecule has 78 valence electrons. The number of ether oxygens (including phenoxy) is 6. The Kier molecular flexibility index (Phi) is 1.62. The molecule has 0 bridgehead atoms. The zero-order chi connectivity index (χ0) is 10.6. The molecule has 3 fully saturated rings. The van der Waals surface area contributed by atoms with Crippen LogP contribution < -0.4 is 0 Å². The molecule has 0 amide bonds. The number of thiocarbonyl (C=S) groups is 3. The van der Waals surface area contributed by atoms with E-state index in [0.717, 1.165) is 0 Å². The van der Waals surface area contributed by atoms with Gasteiger partial charge >= 0.3 is 33.4 Å². The maximum absolute atomic E-state index is 4.99. The van der Waals surface area contributed by atoms with Gasteiger partial charge in [-0.1, -0.05) is 0 Å². The van der Waals surface area contributed by atoms with Gasteiger partial charge in [0.05, 0.1) is 0 Å². The minimum absolute atomic E-state index is 0.00898. The first-order chi connectivity index (χ1) is 7.09. The largest absolute Gasteiger partial charge is 0.498 e. The first-order valence-corrected chi connectivity index (χ1v) is 4.79. The van der Waals surface area contributed by atoms with E-state index in [-0.39, 0.29) is 27.4 Å². The molecular weight excluding hydrogens is 264 g/mol. The first-order valence-electron chi connectivity index (χ1n) is 3.56. The first kappa shape index (κ1) is 9.07. The highest BCUT2D eigenvalue weighted by atomic mass is 32.1. The van der Waals surface area contributed by atoms with Gasteiger partial charge in [-0.3, -0.25) is 0 Å². The van der Waals surface area contributed by atoms with Crippen LogP contribution in [0.2, 0.25) is 0 Å². The fourth-order valence-corrected chi connectivity index (χ4v) is 1.67. The number of hydrogen-bond acceptors (Lipinski definition) is 9. The Morgan fingerprint density at radius 2 is 1.33 bits per heavy atom. The third kappa shape index (κ3) is 1.17. The predicted molar refractivity (Wildman–Crippen MR) is 54.1 cm³/mol. The van der Waals surface area contributed by atoms with Crippen LogP contribution in [0.5, 0.6) is 0 Å². The van der Waals surface area contributed by atoms with Crippen LogP contribution in [0.25, 0.3) is 0 Å². The topological polar surface area (TPSA) is 55.4 Å². The third-order valence-corrected chi connectivity index (χ3v) is 2.15. The molecule has 15 heavy (non-hydrogen) atoms. The Morgan fingerprint density at radius 1 is 0.733 bits per heavy atom. The Hall–Kier alpha value is -1.19. The predicted octanol–water partition coefficient (Wildman–Crippen LogP) is 0.804. The van der Waals surface area contributed by atoms with E-state index in [2.05, 4.69) is 36.7 Å². The maximum atomic E-state index is 4.99. The van der Waals surface area contributed by atoms with Gasteiger partial charge in [-0.2, -0.15) is 0 Å². The summed E-state index contributed by atoms with van der Waals surface area (Å²) in [4.78, 5) is 0. The van der Waals surface area contributed by atoms with Gasteiger partial charge in [0.15, 0.2) is 0 Å². The fourth-order valence-electron chi connectivity index (χ4n) is 1.10. The maximum Gasteiger partial charge on any atom is 0.498 e. The van der Waals surface area contributed by atoms with E-state index in [9.17, 15) is 0 Å². The lowest BCUT2D eigenvalue weighted by atomic mass is 10.4. The van der Waals surface area contributed by atoms with Crippen LogP contribution in [0.15, 0.2) is 11.7 Å². The molecule has 0 aromatic rings. The summed E-state index contributed by atoms with van der Waals surface area (Å²) in [6.45, 7) is 0. The SMILES string of the molecule is S=C1OC(=C2OC(=S)OC23OC(=S)O3)O1. The van der Waals surface area contributed by atoms with Crippen LogP contribution in [0.3, 0.4) is 0 Å². The van der Waals surface area contributed by atoms with Crippen molar-refractivity contribution in [2.75, 3.05) is 0 Å². The van der Waals surface area contributed by atoms with Gasteiger partial charge in [-0.15, -0.1) is 0 Å². The summed E-state index contributed by atoms with van der Waals surface area (Å²) in [5.74, 6) is -1.60. The fraction of sp³-hybridized carbons (Fsp3) is 0.167. The Labute approximate surface area is 98.6 Å². The van der Waals surface area contributed by atoms with Crippen LogP contribution in [0, 0.1) is 0 Å². The molecule has 0 saturated carbocycles. The van der Waals surface area contributed by atoms with Gasteiger partial charge in [0.25, 0.3) is 0 Å². The third-order valence-electron chi connectivity index (χ3n) is 1.65. The lowest BCUT2D eigenvalue weighted by Gasteiger charge is -2.35. The molecule has 3 saturated heterocycles. The highest BCUT2D eigenvalue weighted by Crippen LogP contribution is 2.43. The molecule has 0 aromatic carbocycles. The van der Waals surface area contributed by atoms with Gasteiger partial charge in [0.2, 0.25) is 0 Å². The van der Waals surface area contributed by atoms with Gasteiger partial charge < -0.3 is 28.4 Å². The summed E-state index contributed by atoms with van der Waals surface area (Å²) in [6, 6.07) is 0. The second-order valence-corrected chi connectivity index (χ2v) is 3.54. The average Bonchev–Trinajstić information content (AvgIpc) is 2.37. The molecule has 0 N–H and O–H groups in total. The molecule has 1 spiro atoms. The minimum atomic E-state index is -1.60. The smallest absolute Gasteiger partial charge is 0.402 e. The van der Waals surface area contributed by atoms with Crippen LogP contribution in [-0.2, 0) is 28.4 Å². The molecule has 3 rings (SSSR count). The van der Waals surface area contributed by atoms with Crippen LogP contribution in [-0.4, -0.2) is 21.7 Å². The zero-order valence-electron chi connectivity index (χ0n) is 6.67. The normalized spacial score (nSPS) is 25.2. The number of hydrogen-bond donors (Lipinski definition) is 0. The molecule has 0 radical (unpaired) electrons.